The Morgan fingerprint density at radius 1 is 1.35 bits per heavy atom. The van der Waals surface area contributed by atoms with Crippen LogP contribution in [0.25, 0.3) is 0 Å². The van der Waals surface area contributed by atoms with Crippen LogP contribution in [0.4, 0.5) is 5.69 Å². The van der Waals surface area contributed by atoms with E-state index in [4.69, 9.17) is 5.11 Å². The third kappa shape index (κ3) is 3.66. The van der Waals surface area contributed by atoms with Crippen molar-refractivity contribution in [3.05, 3.63) is 24.3 Å². The molecule has 3 nitrogen and oxygen atoms in total. The smallest absolute Gasteiger partial charge is 0.305 e. The van der Waals surface area contributed by atoms with Crippen LogP contribution < -0.4 is 4.90 Å². The molecule has 0 aliphatic heterocycles. The van der Waals surface area contributed by atoms with Gasteiger partial charge >= 0.3 is 5.97 Å². The minimum absolute atomic E-state index is 0.119. The molecular weight excluding hydrogens is 234 g/mol. The van der Waals surface area contributed by atoms with Crippen LogP contribution in [0.15, 0.2) is 29.2 Å². The summed E-state index contributed by atoms with van der Waals surface area (Å²) in [4.78, 5) is 14.0. The van der Waals surface area contributed by atoms with Gasteiger partial charge < -0.3 is 10.0 Å². The zero-order chi connectivity index (χ0) is 13.1. The Kier molecular flexibility index (Phi) is 4.46. The summed E-state index contributed by atoms with van der Waals surface area (Å²) in [5.41, 5.74) is 0.640. The highest BCUT2D eigenvalue weighted by atomic mass is 32.2. The molecule has 0 saturated carbocycles. The molecule has 0 saturated heterocycles. The van der Waals surface area contributed by atoms with Crippen LogP contribution in [0.3, 0.4) is 0 Å². The van der Waals surface area contributed by atoms with Gasteiger partial charge in [0.1, 0.15) is 0 Å². The summed E-state index contributed by atoms with van der Waals surface area (Å²) in [6, 6.07) is 8.14. The van der Waals surface area contributed by atoms with Crippen molar-refractivity contribution in [2.75, 3.05) is 18.2 Å². The highest BCUT2D eigenvalue weighted by Crippen LogP contribution is 2.26. The Balaban J connectivity index is 2.87. The second kappa shape index (κ2) is 5.45. The highest BCUT2D eigenvalue weighted by Gasteiger charge is 2.26. The number of aliphatic carboxylic acids is 1. The van der Waals surface area contributed by atoms with Gasteiger partial charge in [-0.1, -0.05) is 0 Å². The molecule has 0 unspecified atom stereocenters. The SMILES string of the molecule is CSc1ccc(N(C)C(C)(C)CC(=O)O)cc1. The molecule has 0 amide bonds. The third-order valence-corrected chi connectivity index (χ3v) is 3.70. The minimum Gasteiger partial charge on any atom is -0.481 e. The van der Waals surface area contributed by atoms with Crippen molar-refractivity contribution in [2.24, 2.45) is 0 Å². The first-order valence-corrected chi connectivity index (χ1v) is 6.69. The number of nitrogens with zero attached hydrogens (tertiary/aromatic N) is 1. The van der Waals surface area contributed by atoms with E-state index in [0.29, 0.717) is 0 Å². The largest absolute Gasteiger partial charge is 0.481 e. The third-order valence-electron chi connectivity index (χ3n) is 2.95. The lowest BCUT2D eigenvalue weighted by Crippen LogP contribution is -2.43. The summed E-state index contributed by atoms with van der Waals surface area (Å²) < 4.78 is 0. The Morgan fingerprint density at radius 3 is 2.29 bits per heavy atom. The lowest BCUT2D eigenvalue weighted by Gasteiger charge is -2.36. The number of carbonyl (C=O) groups is 1. The van der Waals surface area contributed by atoms with E-state index in [-0.39, 0.29) is 6.42 Å². The van der Waals surface area contributed by atoms with Crippen molar-refractivity contribution in [2.45, 2.75) is 30.7 Å². The van der Waals surface area contributed by atoms with Gasteiger partial charge in [-0.15, -0.1) is 11.8 Å². The average Bonchev–Trinajstić information content (AvgIpc) is 2.26. The number of carboxylic acids is 1. The van der Waals surface area contributed by atoms with Gasteiger partial charge in [0.2, 0.25) is 0 Å². The summed E-state index contributed by atoms with van der Waals surface area (Å²) in [5.74, 6) is -0.775. The van der Waals surface area contributed by atoms with Crippen LogP contribution in [0, 0.1) is 0 Å². The monoisotopic (exact) mass is 253 g/mol. The molecule has 17 heavy (non-hydrogen) atoms. The fourth-order valence-electron chi connectivity index (χ4n) is 1.64. The summed E-state index contributed by atoms with van der Waals surface area (Å²) in [6.07, 6.45) is 2.15. The van der Waals surface area contributed by atoms with Gasteiger partial charge in [-0.2, -0.15) is 0 Å². The van der Waals surface area contributed by atoms with Gasteiger partial charge in [0.15, 0.2) is 0 Å². The van der Waals surface area contributed by atoms with E-state index >= 15 is 0 Å². The summed E-state index contributed by atoms with van der Waals surface area (Å²) in [5, 5.41) is 8.90. The predicted molar refractivity (Wildman–Crippen MR) is 73.0 cm³/mol. The van der Waals surface area contributed by atoms with Crippen LogP contribution in [0.1, 0.15) is 20.3 Å². The van der Waals surface area contributed by atoms with E-state index in [9.17, 15) is 4.79 Å². The Labute approximate surface area is 107 Å². The van der Waals surface area contributed by atoms with E-state index in [2.05, 4.69) is 0 Å². The molecule has 0 aliphatic rings. The maximum Gasteiger partial charge on any atom is 0.305 e. The summed E-state index contributed by atoms with van der Waals surface area (Å²) in [6.45, 7) is 3.87. The first kappa shape index (κ1) is 13.9. The van der Waals surface area contributed by atoms with Gasteiger partial charge in [-0.05, 0) is 44.4 Å². The lowest BCUT2D eigenvalue weighted by atomic mass is 9.98. The molecule has 0 aromatic heterocycles. The quantitative estimate of drug-likeness (QED) is 0.819. The second-order valence-corrected chi connectivity index (χ2v) is 5.52. The second-order valence-electron chi connectivity index (χ2n) is 4.64. The minimum atomic E-state index is -0.775. The van der Waals surface area contributed by atoms with Crippen LogP contribution in [-0.2, 0) is 4.79 Å². The maximum atomic E-state index is 10.8. The maximum absolute atomic E-state index is 10.8. The van der Waals surface area contributed by atoms with Crippen LogP contribution >= 0.6 is 11.8 Å². The molecule has 0 bridgehead atoms. The van der Waals surface area contributed by atoms with Crippen LogP contribution in [-0.4, -0.2) is 29.9 Å². The number of thioether (sulfide) groups is 1. The van der Waals surface area contributed by atoms with E-state index in [0.717, 1.165) is 5.69 Å². The van der Waals surface area contributed by atoms with Crippen molar-refractivity contribution < 1.29 is 9.90 Å². The zero-order valence-corrected chi connectivity index (χ0v) is 11.5. The molecule has 0 fully saturated rings. The molecule has 0 heterocycles. The first-order valence-electron chi connectivity index (χ1n) is 5.46. The zero-order valence-electron chi connectivity index (χ0n) is 10.7. The van der Waals surface area contributed by atoms with E-state index in [1.807, 2.05) is 56.3 Å². The Hall–Kier alpha value is -1.16. The molecule has 1 rings (SSSR count). The van der Waals surface area contributed by atoms with Crippen molar-refractivity contribution in [3.63, 3.8) is 0 Å². The molecule has 1 aromatic carbocycles. The molecule has 0 atom stereocenters. The van der Waals surface area contributed by atoms with Crippen LogP contribution in [0.5, 0.6) is 0 Å². The number of carboxylic acid groups (broad SMARTS) is 1. The number of anilines is 1. The van der Waals surface area contributed by atoms with E-state index < -0.39 is 11.5 Å². The first-order chi connectivity index (χ1) is 7.86. The van der Waals surface area contributed by atoms with Gasteiger partial charge in [0, 0.05) is 23.2 Å². The van der Waals surface area contributed by atoms with Gasteiger partial charge in [-0.3, -0.25) is 4.79 Å². The molecule has 1 N–H and O–H groups in total. The highest BCUT2D eigenvalue weighted by molar-refractivity contribution is 7.98. The Bertz CT molecular complexity index is 387. The number of benzene rings is 1. The summed E-state index contributed by atoms with van der Waals surface area (Å²) in [7, 11) is 1.93. The van der Waals surface area contributed by atoms with E-state index in [1.54, 1.807) is 11.8 Å². The van der Waals surface area contributed by atoms with Crippen molar-refractivity contribution in [3.8, 4) is 0 Å². The number of rotatable bonds is 5. The number of hydrogen-bond acceptors (Lipinski definition) is 3. The van der Waals surface area contributed by atoms with E-state index in [1.165, 1.54) is 4.90 Å². The molecular formula is C13H19NO2S. The molecule has 0 radical (unpaired) electrons. The fraction of sp³-hybridized carbons (Fsp3) is 0.462. The normalized spacial score (nSPS) is 11.3. The number of hydrogen-bond donors (Lipinski definition) is 1. The van der Waals surface area contributed by atoms with Crippen molar-refractivity contribution >= 4 is 23.4 Å². The molecule has 1 aromatic rings. The van der Waals surface area contributed by atoms with Gasteiger partial charge in [0.05, 0.1) is 6.42 Å². The predicted octanol–water partition coefficient (Wildman–Crippen LogP) is 3.10. The Morgan fingerprint density at radius 2 is 1.88 bits per heavy atom. The van der Waals surface area contributed by atoms with Gasteiger partial charge in [0.25, 0.3) is 0 Å². The summed E-state index contributed by atoms with van der Waals surface area (Å²) >= 11 is 1.69. The average molecular weight is 253 g/mol. The topological polar surface area (TPSA) is 40.5 Å². The van der Waals surface area contributed by atoms with Crippen molar-refractivity contribution in [1.29, 1.82) is 0 Å². The molecule has 0 aliphatic carbocycles. The van der Waals surface area contributed by atoms with Crippen LogP contribution in [0.2, 0.25) is 0 Å². The lowest BCUT2D eigenvalue weighted by molar-refractivity contribution is -0.138. The fourth-order valence-corrected chi connectivity index (χ4v) is 2.05. The standard InChI is InChI=1S/C13H19NO2S/c1-13(2,9-12(15)16)14(3)10-5-7-11(17-4)8-6-10/h5-8H,9H2,1-4H3,(H,15,16). The van der Waals surface area contributed by atoms with Crippen molar-refractivity contribution in [1.82, 2.24) is 0 Å². The molecule has 94 valence electrons. The molecule has 0 spiro atoms. The molecule has 4 heteroatoms. The van der Waals surface area contributed by atoms with Gasteiger partial charge in [-0.25, -0.2) is 0 Å².